The maximum absolute atomic E-state index is 11.6. The third kappa shape index (κ3) is 2.07. The lowest BCUT2D eigenvalue weighted by atomic mass is 10.1. The Morgan fingerprint density at radius 3 is 2.67 bits per heavy atom. The summed E-state index contributed by atoms with van der Waals surface area (Å²) in [5.41, 5.74) is 1.36. The molecule has 0 saturated heterocycles. The second kappa shape index (κ2) is 4.00. The second-order valence-electron chi connectivity index (χ2n) is 3.30. The first-order valence-corrected chi connectivity index (χ1v) is 4.71. The Balaban J connectivity index is 2.28. The van der Waals surface area contributed by atoms with Gasteiger partial charge in [-0.25, -0.2) is 4.68 Å². The molecule has 0 N–H and O–H groups in total. The Morgan fingerprint density at radius 2 is 1.93 bits per heavy atom. The molecule has 0 aliphatic carbocycles. The Bertz CT molecular complexity index is 472. The summed E-state index contributed by atoms with van der Waals surface area (Å²) in [4.78, 5) is 0. The third-order valence-corrected chi connectivity index (χ3v) is 2.16. The van der Waals surface area contributed by atoms with Crippen molar-refractivity contribution in [3.8, 4) is 5.75 Å². The third-order valence-electron chi connectivity index (χ3n) is 2.16. The van der Waals surface area contributed by atoms with E-state index in [0.29, 0.717) is 5.56 Å². The lowest BCUT2D eigenvalue weighted by molar-refractivity contribution is -0.269. The van der Waals surface area contributed by atoms with E-state index < -0.39 is 0 Å². The van der Waals surface area contributed by atoms with Gasteiger partial charge >= 0.3 is 0 Å². The second-order valence-corrected chi connectivity index (χ2v) is 3.30. The lowest BCUT2D eigenvalue weighted by Gasteiger charge is -2.12. The van der Waals surface area contributed by atoms with Crippen LogP contribution in [0.1, 0.15) is 11.1 Å². The quantitative estimate of drug-likeness (QED) is 0.679. The normalized spacial score (nSPS) is 11.0. The van der Waals surface area contributed by atoms with Crippen LogP contribution in [0, 0.1) is 6.92 Å². The molecule has 0 atom stereocenters. The van der Waals surface area contributed by atoms with Crippen LogP contribution in [0.3, 0.4) is 0 Å². The number of para-hydroxylation sites is 1. The smallest absolute Gasteiger partial charge is 0.0544 e. The molecule has 0 aliphatic heterocycles. The number of aromatic nitrogens is 1. The molecule has 0 saturated carbocycles. The van der Waals surface area contributed by atoms with Crippen LogP contribution >= 0.6 is 0 Å². The Morgan fingerprint density at radius 1 is 1.20 bits per heavy atom. The molecule has 3 heteroatoms. The van der Waals surface area contributed by atoms with E-state index in [1.54, 1.807) is 29.9 Å². The van der Waals surface area contributed by atoms with Gasteiger partial charge in [-0.15, -0.1) is 0 Å². The van der Waals surface area contributed by atoms with Crippen molar-refractivity contribution in [2.24, 2.45) is 5.10 Å². The van der Waals surface area contributed by atoms with Gasteiger partial charge in [-0.2, -0.15) is 5.10 Å². The monoisotopic (exact) mass is 199 g/mol. The summed E-state index contributed by atoms with van der Waals surface area (Å²) in [5, 5.41) is 15.8. The molecule has 2 aromatic rings. The first-order valence-electron chi connectivity index (χ1n) is 4.71. The first kappa shape index (κ1) is 9.52. The van der Waals surface area contributed by atoms with Crippen molar-refractivity contribution in [3.63, 3.8) is 0 Å². The van der Waals surface area contributed by atoms with Gasteiger partial charge in [0.15, 0.2) is 0 Å². The summed E-state index contributed by atoms with van der Waals surface area (Å²) in [7, 11) is 0. The fourth-order valence-electron chi connectivity index (χ4n) is 1.31. The molecule has 76 valence electrons. The lowest BCUT2D eigenvalue weighted by Crippen LogP contribution is -1.99. The molecular formula is C12H11N2O-. The minimum atomic E-state index is 0.0356. The summed E-state index contributed by atoms with van der Waals surface area (Å²) in [6.45, 7) is 1.80. The maximum Gasteiger partial charge on any atom is 0.0544 e. The van der Waals surface area contributed by atoms with Gasteiger partial charge in [-0.3, -0.25) is 0 Å². The highest BCUT2D eigenvalue weighted by molar-refractivity contribution is 5.83. The largest absolute Gasteiger partial charge is 0.872 e. The van der Waals surface area contributed by atoms with Crippen molar-refractivity contribution < 1.29 is 5.11 Å². The van der Waals surface area contributed by atoms with E-state index >= 15 is 0 Å². The summed E-state index contributed by atoms with van der Waals surface area (Å²) >= 11 is 0. The van der Waals surface area contributed by atoms with Gasteiger partial charge in [0.05, 0.1) is 6.21 Å². The van der Waals surface area contributed by atoms with Gasteiger partial charge in [0.2, 0.25) is 0 Å². The zero-order valence-electron chi connectivity index (χ0n) is 8.42. The van der Waals surface area contributed by atoms with Crippen molar-refractivity contribution in [1.29, 1.82) is 0 Å². The van der Waals surface area contributed by atoms with Gasteiger partial charge in [0, 0.05) is 12.4 Å². The Kier molecular flexibility index (Phi) is 2.54. The standard InChI is InChI=1S/C12H12N2O/c1-10-5-4-6-11(12(10)15)9-13-14-7-2-3-8-14/h2-9,15H,1H3/p-1/b13-9-. The fourth-order valence-corrected chi connectivity index (χ4v) is 1.31. The summed E-state index contributed by atoms with van der Waals surface area (Å²) in [6, 6.07) is 9.18. The molecule has 0 bridgehead atoms. The summed E-state index contributed by atoms with van der Waals surface area (Å²) in [5.74, 6) is 0.0356. The average Bonchev–Trinajstić information content (AvgIpc) is 2.73. The number of benzene rings is 1. The Hall–Kier alpha value is -2.03. The highest BCUT2D eigenvalue weighted by Gasteiger charge is 1.92. The molecule has 1 aromatic carbocycles. The molecule has 0 amide bonds. The van der Waals surface area contributed by atoms with Gasteiger partial charge in [0.25, 0.3) is 0 Å². The minimum Gasteiger partial charge on any atom is -0.872 e. The van der Waals surface area contributed by atoms with Crippen LogP contribution < -0.4 is 5.11 Å². The zero-order valence-corrected chi connectivity index (χ0v) is 8.42. The molecule has 1 heterocycles. The number of aryl methyl sites for hydroxylation is 1. The summed E-state index contributed by atoms with van der Waals surface area (Å²) < 4.78 is 1.65. The van der Waals surface area contributed by atoms with E-state index in [-0.39, 0.29) is 5.75 Å². The molecule has 15 heavy (non-hydrogen) atoms. The fraction of sp³-hybridized carbons (Fsp3) is 0.0833. The van der Waals surface area contributed by atoms with Gasteiger partial charge in [-0.1, -0.05) is 29.5 Å². The molecule has 0 aliphatic rings. The highest BCUT2D eigenvalue weighted by atomic mass is 16.3. The van der Waals surface area contributed by atoms with Crippen LogP contribution in [0.2, 0.25) is 0 Å². The number of hydrogen-bond donors (Lipinski definition) is 0. The molecule has 0 radical (unpaired) electrons. The molecule has 0 spiro atoms. The van der Waals surface area contributed by atoms with Crippen molar-refractivity contribution >= 4 is 6.21 Å². The van der Waals surface area contributed by atoms with Crippen LogP contribution in [0.15, 0.2) is 47.8 Å². The van der Waals surface area contributed by atoms with Crippen LogP contribution in [0.25, 0.3) is 0 Å². The predicted octanol–water partition coefficient (Wildman–Crippen LogP) is 1.75. The molecule has 2 rings (SSSR count). The topological polar surface area (TPSA) is 40.3 Å². The first-order chi connectivity index (χ1) is 7.27. The van der Waals surface area contributed by atoms with Crippen LogP contribution in [0.4, 0.5) is 0 Å². The average molecular weight is 199 g/mol. The number of rotatable bonds is 2. The van der Waals surface area contributed by atoms with E-state index in [1.807, 2.05) is 30.6 Å². The van der Waals surface area contributed by atoms with E-state index in [2.05, 4.69) is 5.10 Å². The molecule has 0 fully saturated rings. The number of hydrogen-bond acceptors (Lipinski definition) is 2. The van der Waals surface area contributed by atoms with Crippen LogP contribution in [-0.2, 0) is 0 Å². The van der Waals surface area contributed by atoms with E-state index in [1.165, 1.54) is 0 Å². The molecular weight excluding hydrogens is 188 g/mol. The highest BCUT2D eigenvalue weighted by Crippen LogP contribution is 2.16. The predicted molar refractivity (Wildman–Crippen MR) is 58.0 cm³/mol. The molecule has 3 nitrogen and oxygen atoms in total. The van der Waals surface area contributed by atoms with Crippen molar-refractivity contribution in [2.75, 3.05) is 0 Å². The zero-order chi connectivity index (χ0) is 10.7. The number of nitrogens with zero attached hydrogens (tertiary/aromatic N) is 2. The minimum absolute atomic E-state index is 0.0356. The molecule has 1 aromatic heterocycles. The summed E-state index contributed by atoms with van der Waals surface area (Å²) in [6.07, 6.45) is 5.21. The van der Waals surface area contributed by atoms with E-state index in [4.69, 9.17) is 0 Å². The van der Waals surface area contributed by atoms with Crippen LogP contribution in [-0.4, -0.2) is 10.9 Å². The van der Waals surface area contributed by atoms with Gasteiger partial charge < -0.3 is 5.11 Å². The van der Waals surface area contributed by atoms with Crippen molar-refractivity contribution in [1.82, 2.24) is 4.68 Å². The maximum atomic E-state index is 11.6. The Labute approximate surface area is 88.3 Å². The van der Waals surface area contributed by atoms with Crippen molar-refractivity contribution in [3.05, 3.63) is 53.9 Å². The SMILES string of the molecule is Cc1cccc(/C=N\n2cccc2)c1[O-]. The van der Waals surface area contributed by atoms with Gasteiger partial charge in [-0.05, 0) is 24.6 Å². The van der Waals surface area contributed by atoms with E-state index in [9.17, 15) is 5.11 Å². The van der Waals surface area contributed by atoms with E-state index in [0.717, 1.165) is 5.56 Å². The van der Waals surface area contributed by atoms with Crippen molar-refractivity contribution in [2.45, 2.75) is 6.92 Å². The molecule has 0 unspecified atom stereocenters. The van der Waals surface area contributed by atoms with Gasteiger partial charge in [0.1, 0.15) is 0 Å². The van der Waals surface area contributed by atoms with Crippen LogP contribution in [0.5, 0.6) is 5.75 Å².